The van der Waals surface area contributed by atoms with Gasteiger partial charge in [-0.3, -0.25) is 4.79 Å². The third-order valence-electron chi connectivity index (χ3n) is 3.62. The lowest BCUT2D eigenvalue weighted by Crippen LogP contribution is -2.00. The number of rotatable bonds is 7. The van der Waals surface area contributed by atoms with Gasteiger partial charge in [-0.15, -0.1) is 0 Å². The Morgan fingerprint density at radius 3 is 2.16 bits per heavy atom. The van der Waals surface area contributed by atoms with Crippen LogP contribution in [-0.2, 0) is 0 Å². The maximum absolute atomic E-state index is 12.5. The summed E-state index contributed by atoms with van der Waals surface area (Å²) in [6.07, 6.45) is 2.91. The molecule has 132 valence electrons. The van der Waals surface area contributed by atoms with Crippen molar-refractivity contribution in [2.75, 3.05) is 28.4 Å². The van der Waals surface area contributed by atoms with Crippen LogP contribution in [0.3, 0.4) is 0 Å². The van der Waals surface area contributed by atoms with Gasteiger partial charge in [0.15, 0.2) is 17.3 Å². The molecule has 0 radical (unpaired) electrons. The van der Waals surface area contributed by atoms with Crippen LogP contribution in [0, 0.1) is 0 Å². The molecule has 1 N–H and O–H groups in total. The first-order valence-electron chi connectivity index (χ1n) is 7.44. The fourth-order valence-corrected chi connectivity index (χ4v) is 2.44. The highest BCUT2D eigenvalue weighted by Gasteiger charge is 2.17. The van der Waals surface area contributed by atoms with Crippen molar-refractivity contribution in [1.29, 1.82) is 0 Å². The first kappa shape index (κ1) is 18.2. The van der Waals surface area contributed by atoms with E-state index in [1.54, 1.807) is 30.3 Å². The number of ketones is 1. The third kappa shape index (κ3) is 3.68. The summed E-state index contributed by atoms with van der Waals surface area (Å²) in [4.78, 5) is 12.5. The van der Waals surface area contributed by atoms with E-state index in [4.69, 9.17) is 18.9 Å². The molecule has 0 unspecified atom stereocenters. The zero-order chi connectivity index (χ0) is 18.4. The topological polar surface area (TPSA) is 74.2 Å². The highest BCUT2D eigenvalue weighted by molar-refractivity contribution is 6.10. The van der Waals surface area contributed by atoms with E-state index in [0.717, 1.165) is 0 Å². The molecule has 2 rings (SSSR count). The highest BCUT2D eigenvalue weighted by Crippen LogP contribution is 2.40. The second-order valence-corrected chi connectivity index (χ2v) is 4.98. The average Bonchev–Trinajstić information content (AvgIpc) is 2.64. The Labute approximate surface area is 146 Å². The number of hydrogen-bond acceptors (Lipinski definition) is 6. The molecule has 2 aromatic rings. The molecular formula is C19H20O6. The molecule has 0 fully saturated rings. The largest absolute Gasteiger partial charge is 0.507 e. The van der Waals surface area contributed by atoms with E-state index in [9.17, 15) is 9.90 Å². The van der Waals surface area contributed by atoms with Gasteiger partial charge < -0.3 is 24.1 Å². The van der Waals surface area contributed by atoms with Crippen LogP contribution in [0.1, 0.15) is 15.9 Å². The van der Waals surface area contributed by atoms with E-state index in [1.807, 2.05) is 0 Å². The van der Waals surface area contributed by atoms with E-state index in [0.29, 0.717) is 28.6 Å². The number of hydrogen-bond donors (Lipinski definition) is 1. The number of aromatic hydroxyl groups is 1. The Morgan fingerprint density at radius 1 is 0.880 bits per heavy atom. The summed E-state index contributed by atoms with van der Waals surface area (Å²) in [5.41, 5.74) is 0.726. The van der Waals surface area contributed by atoms with Gasteiger partial charge in [0.1, 0.15) is 17.1 Å². The van der Waals surface area contributed by atoms with Crippen molar-refractivity contribution in [2.24, 2.45) is 0 Å². The number of phenolic OH excluding ortho intramolecular Hbond substituents is 1. The van der Waals surface area contributed by atoms with Crippen LogP contribution < -0.4 is 18.9 Å². The molecule has 0 amide bonds. The van der Waals surface area contributed by atoms with Crippen LogP contribution in [0.25, 0.3) is 6.08 Å². The SMILES string of the molecule is COc1ccc(/C=C/C(=O)c2c(O)cccc2OC)c(OC)c1OC. The highest BCUT2D eigenvalue weighted by atomic mass is 16.5. The van der Waals surface area contributed by atoms with Gasteiger partial charge in [-0.05, 0) is 36.4 Å². The number of allylic oxidation sites excluding steroid dienone is 1. The van der Waals surface area contributed by atoms with Crippen LogP contribution in [0.4, 0.5) is 0 Å². The van der Waals surface area contributed by atoms with Gasteiger partial charge in [-0.25, -0.2) is 0 Å². The minimum Gasteiger partial charge on any atom is -0.507 e. The normalized spacial score (nSPS) is 10.6. The van der Waals surface area contributed by atoms with E-state index in [1.165, 1.54) is 40.6 Å². The van der Waals surface area contributed by atoms with Gasteiger partial charge in [-0.1, -0.05) is 6.07 Å². The van der Waals surface area contributed by atoms with Gasteiger partial charge in [0.05, 0.1) is 28.4 Å². The minimum absolute atomic E-state index is 0.0979. The molecule has 0 aliphatic heterocycles. The predicted octanol–water partition coefficient (Wildman–Crippen LogP) is 3.32. The predicted molar refractivity (Wildman–Crippen MR) is 94.1 cm³/mol. The van der Waals surface area contributed by atoms with Crippen molar-refractivity contribution in [2.45, 2.75) is 0 Å². The minimum atomic E-state index is -0.396. The second kappa shape index (κ2) is 8.10. The Balaban J connectivity index is 2.42. The quantitative estimate of drug-likeness (QED) is 0.613. The van der Waals surface area contributed by atoms with Crippen molar-refractivity contribution >= 4 is 11.9 Å². The molecule has 0 aliphatic rings. The van der Waals surface area contributed by atoms with Gasteiger partial charge >= 0.3 is 0 Å². The number of methoxy groups -OCH3 is 4. The first-order valence-corrected chi connectivity index (χ1v) is 7.44. The van der Waals surface area contributed by atoms with Gasteiger partial charge in [0, 0.05) is 5.56 Å². The average molecular weight is 344 g/mol. The molecule has 6 heteroatoms. The van der Waals surface area contributed by atoms with Crippen molar-refractivity contribution in [3.8, 4) is 28.7 Å². The zero-order valence-electron chi connectivity index (χ0n) is 14.5. The Kier molecular flexibility index (Phi) is 5.89. The lowest BCUT2D eigenvalue weighted by Gasteiger charge is -2.14. The van der Waals surface area contributed by atoms with Crippen molar-refractivity contribution < 1.29 is 28.8 Å². The lowest BCUT2D eigenvalue weighted by atomic mass is 10.1. The smallest absolute Gasteiger partial charge is 0.203 e. The molecule has 2 aromatic carbocycles. The standard InChI is InChI=1S/C19H20O6/c1-22-15-7-5-6-13(20)17(15)14(21)10-8-12-9-11-16(23-2)19(25-4)18(12)24-3/h5-11,20H,1-4H3/b10-8+. The third-order valence-corrected chi connectivity index (χ3v) is 3.62. The van der Waals surface area contributed by atoms with Gasteiger partial charge in [-0.2, -0.15) is 0 Å². The van der Waals surface area contributed by atoms with Crippen LogP contribution >= 0.6 is 0 Å². The van der Waals surface area contributed by atoms with Crippen LogP contribution in [0.2, 0.25) is 0 Å². The summed E-state index contributed by atoms with van der Waals surface area (Å²) < 4.78 is 21.1. The molecule has 0 bridgehead atoms. The Bertz CT molecular complexity index is 795. The molecule has 0 saturated carbocycles. The van der Waals surface area contributed by atoms with Gasteiger partial charge in [0.2, 0.25) is 5.75 Å². The van der Waals surface area contributed by atoms with E-state index in [2.05, 4.69) is 0 Å². The number of carbonyl (C=O) groups excluding carboxylic acids is 1. The Hall–Kier alpha value is -3.15. The molecule has 0 heterocycles. The fourth-order valence-electron chi connectivity index (χ4n) is 2.44. The Morgan fingerprint density at radius 2 is 1.56 bits per heavy atom. The molecule has 6 nitrogen and oxygen atoms in total. The summed E-state index contributed by atoms with van der Waals surface area (Å²) in [5, 5.41) is 9.95. The molecule has 0 spiro atoms. The van der Waals surface area contributed by atoms with E-state index in [-0.39, 0.29) is 11.3 Å². The number of phenols is 1. The molecular weight excluding hydrogens is 324 g/mol. The van der Waals surface area contributed by atoms with Gasteiger partial charge in [0.25, 0.3) is 0 Å². The summed E-state index contributed by atoms with van der Waals surface area (Å²) >= 11 is 0. The molecule has 0 aromatic heterocycles. The van der Waals surface area contributed by atoms with Crippen molar-refractivity contribution in [3.05, 3.63) is 47.5 Å². The second-order valence-electron chi connectivity index (χ2n) is 4.98. The fraction of sp³-hybridized carbons (Fsp3) is 0.211. The van der Waals surface area contributed by atoms with Crippen LogP contribution in [-0.4, -0.2) is 39.3 Å². The summed E-state index contributed by atoms with van der Waals surface area (Å²) in [5.74, 6) is 1.15. The first-order chi connectivity index (χ1) is 12.1. The number of carbonyl (C=O) groups is 1. The summed E-state index contributed by atoms with van der Waals surface area (Å²) in [6, 6.07) is 8.10. The number of ether oxygens (including phenoxy) is 4. The number of benzene rings is 2. The molecule has 0 aliphatic carbocycles. The van der Waals surface area contributed by atoms with Crippen LogP contribution in [0.5, 0.6) is 28.7 Å². The molecule has 25 heavy (non-hydrogen) atoms. The molecule has 0 atom stereocenters. The van der Waals surface area contributed by atoms with Crippen molar-refractivity contribution in [1.82, 2.24) is 0 Å². The maximum Gasteiger partial charge on any atom is 0.203 e. The van der Waals surface area contributed by atoms with Crippen LogP contribution in [0.15, 0.2) is 36.4 Å². The van der Waals surface area contributed by atoms with Crippen molar-refractivity contribution in [3.63, 3.8) is 0 Å². The zero-order valence-corrected chi connectivity index (χ0v) is 14.5. The van der Waals surface area contributed by atoms with E-state index >= 15 is 0 Å². The van der Waals surface area contributed by atoms with E-state index < -0.39 is 5.78 Å². The maximum atomic E-state index is 12.5. The lowest BCUT2D eigenvalue weighted by molar-refractivity contribution is 0.104. The molecule has 0 saturated heterocycles. The summed E-state index contributed by atoms with van der Waals surface area (Å²) in [6.45, 7) is 0. The summed E-state index contributed by atoms with van der Waals surface area (Å²) in [7, 11) is 5.97. The monoisotopic (exact) mass is 344 g/mol.